The standard InChI is InChI=1S/C19H25FN4O2/c1-13-7-17(22-21-13)8-15-10-24(11-18(15)25)19(26)12-23(2)9-14-3-5-16(20)6-4-14/h3-7,15,18,25H,8-12H2,1-2H3,(H,21,22)/t15-,18-/m1/s1. The molecule has 1 aliphatic heterocycles. The third-order valence-electron chi connectivity index (χ3n) is 4.76. The van der Waals surface area contributed by atoms with Crippen molar-refractivity contribution in [1.82, 2.24) is 20.0 Å². The zero-order valence-corrected chi connectivity index (χ0v) is 15.2. The smallest absolute Gasteiger partial charge is 0.236 e. The van der Waals surface area contributed by atoms with Gasteiger partial charge in [0.25, 0.3) is 0 Å². The normalized spacial score (nSPS) is 20.1. The minimum absolute atomic E-state index is 0.00375. The number of likely N-dealkylation sites (tertiary alicyclic amines) is 1. The first-order valence-corrected chi connectivity index (χ1v) is 8.80. The lowest BCUT2D eigenvalue weighted by atomic mass is 10.0. The molecule has 2 N–H and O–H groups in total. The topological polar surface area (TPSA) is 72.5 Å². The molecule has 0 bridgehead atoms. The Labute approximate surface area is 152 Å². The van der Waals surface area contributed by atoms with Crippen LogP contribution < -0.4 is 0 Å². The van der Waals surface area contributed by atoms with Crippen molar-refractivity contribution in [2.45, 2.75) is 26.0 Å². The van der Waals surface area contributed by atoms with Crippen LogP contribution in [0.5, 0.6) is 0 Å². The molecule has 0 unspecified atom stereocenters. The summed E-state index contributed by atoms with van der Waals surface area (Å²) in [5.74, 6) is -0.268. The monoisotopic (exact) mass is 360 g/mol. The molecule has 1 fully saturated rings. The number of H-pyrrole nitrogens is 1. The molecule has 2 aromatic rings. The maximum Gasteiger partial charge on any atom is 0.236 e. The van der Waals surface area contributed by atoms with Crippen molar-refractivity contribution in [3.63, 3.8) is 0 Å². The third kappa shape index (κ3) is 4.68. The van der Waals surface area contributed by atoms with E-state index in [-0.39, 0.29) is 24.2 Å². The maximum absolute atomic E-state index is 13.0. The molecule has 1 aromatic heterocycles. The number of nitrogens with zero attached hydrogens (tertiary/aromatic N) is 3. The number of hydrogen-bond donors (Lipinski definition) is 2. The molecule has 1 saturated heterocycles. The van der Waals surface area contributed by atoms with Gasteiger partial charge in [0.1, 0.15) is 5.82 Å². The van der Waals surface area contributed by atoms with Crippen LogP contribution in [0.25, 0.3) is 0 Å². The first-order valence-electron chi connectivity index (χ1n) is 8.80. The van der Waals surface area contributed by atoms with E-state index in [2.05, 4.69) is 10.2 Å². The highest BCUT2D eigenvalue weighted by Crippen LogP contribution is 2.21. The second kappa shape index (κ2) is 7.97. The van der Waals surface area contributed by atoms with Crippen LogP contribution in [-0.2, 0) is 17.8 Å². The van der Waals surface area contributed by atoms with Gasteiger partial charge in [-0.1, -0.05) is 12.1 Å². The molecule has 0 spiro atoms. The number of hydrogen-bond acceptors (Lipinski definition) is 4. The van der Waals surface area contributed by atoms with Gasteiger partial charge >= 0.3 is 0 Å². The molecule has 140 valence electrons. The van der Waals surface area contributed by atoms with E-state index < -0.39 is 6.10 Å². The Morgan fingerprint density at radius 1 is 1.38 bits per heavy atom. The molecular formula is C19H25FN4O2. The summed E-state index contributed by atoms with van der Waals surface area (Å²) >= 11 is 0. The lowest BCUT2D eigenvalue weighted by molar-refractivity contribution is -0.131. The number of aromatic amines is 1. The van der Waals surface area contributed by atoms with Gasteiger partial charge < -0.3 is 10.0 Å². The molecule has 3 rings (SSSR count). The molecule has 1 aromatic carbocycles. The maximum atomic E-state index is 13.0. The molecule has 26 heavy (non-hydrogen) atoms. The summed E-state index contributed by atoms with van der Waals surface area (Å²) in [5, 5.41) is 17.4. The van der Waals surface area contributed by atoms with Gasteiger partial charge in [-0.3, -0.25) is 14.8 Å². The Hall–Kier alpha value is -2.25. The number of halogens is 1. The molecule has 7 heteroatoms. The first-order chi connectivity index (χ1) is 12.4. The number of β-amino-alcohol motifs (C(OH)–C–C–N with tert-alkyl or cyclic N) is 1. The van der Waals surface area contributed by atoms with Gasteiger partial charge in [-0.15, -0.1) is 0 Å². The van der Waals surface area contributed by atoms with Crippen molar-refractivity contribution in [2.75, 3.05) is 26.7 Å². The van der Waals surface area contributed by atoms with Crippen LogP contribution in [0.3, 0.4) is 0 Å². The van der Waals surface area contributed by atoms with Gasteiger partial charge in [-0.05, 0) is 44.2 Å². The quantitative estimate of drug-likeness (QED) is 0.816. The number of likely N-dealkylation sites (N-methyl/N-ethyl adjacent to an activating group) is 1. The number of aliphatic hydroxyl groups is 1. The second-order valence-electron chi connectivity index (χ2n) is 7.17. The number of carbonyl (C=O) groups excluding carboxylic acids is 1. The van der Waals surface area contributed by atoms with Crippen molar-refractivity contribution in [3.8, 4) is 0 Å². The summed E-state index contributed by atoms with van der Waals surface area (Å²) in [6, 6.07) is 8.25. The highest BCUT2D eigenvalue weighted by Gasteiger charge is 2.34. The largest absolute Gasteiger partial charge is 0.391 e. The van der Waals surface area contributed by atoms with Gasteiger partial charge in [0.15, 0.2) is 0 Å². The highest BCUT2D eigenvalue weighted by atomic mass is 19.1. The van der Waals surface area contributed by atoms with E-state index in [1.54, 1.807) is 17.0 Å². The Balaban J connectivity index is 1.50. The minimum atomic E-state index is -0.529. The average molecular weight is 360 g/mol. The Morgan fingerprint density at radius 2 is 2.12 bits per heavy atom. The summed E-state index contributed by atoms with van der Waals surface area (Å²) in [5.41, 5.74) is 2.85. The highest BCUT2D eigenvalue weighted by molar-refractivity contribution is 5.78. The summed E-state index contributed by atoms with van der Waals surface area (Å²) < 4.78 is 13.0. The molecule has 6 nitrogen and oxygen atoms in total. The number of amides is 1. The second-order valence-corrected chi connectivity index (χ2v) is 7.17. The van der Waals surface area contributed by atoms with Crippen LogP contribution in [0.15, 0.2) is 30.3 Å². The molecule has 0 radical (unpaired) electrons. The summed E-state index contributed by atoms with van der Waals surface area (Å²) in [6.45, 7) is 3.67. The molecule has 1 aliphatic rings. The fraction of sp³-hybridized carbons (Fsp3) is 0.474. The van der Waals surface area contributed by atoms with Gasteiger partial charge in [-0.2, -0.15) is 5.10 Å². The zero-order chi connectivity index (χ0) is 18.7. The zero-order valence-electron chi connectivity index (χ0n) is 15.2. The van der Waals surface area contributed by atoms with Crippen LogP contribution in [0, 0.1) is 18.7 Å². The van der Waals surface area contributed by atoms with E-state index in [4.69, 9.17) is 0 Å². The Morgan fingerprint density at radius 3 is 2.77 bits per heavy atom. The van der Waals surface area contributed by atoms with E-state index in [1.165, 1.54) is 12.1 Å². The van der Waals surface area contributed by atoms with Crippen molar-refractivity contribution < 1.29 is 14.3 Å². The van der Waals surface area contributed by atoms with E-state index in [9.17, 15) is 14.3 Å². The number of nitrogens with one attached hydrogen (secondary N) is 1. The molecule has 0 saturated carbocycles. The minimum Gasteiger partial charge on any atom is -0.391 e. The number of benzene rings is 1. The fourth-order valence-corrected chi connectivity index (χ4v) is 3.39. The molecule has 1 amide bonds. The van der Waals surface area contributed by atoms with E-state index >= 15 is 0 Å². The van der Waals surface area contributed by atoms with Gasteiger partial charge in [0.2, 0.25) is 5.91 Å². The SMILES string of the molecule is Cc1cc(C[C@@H]2CN(C(=O)CN(C)Cc3ccc(F)cc3)C[C@H]2O)n[nH]1. The molecule has 2 heterocycles. The number of aromatic nitrogens is 2. The van der Waals surface area contributed by atoms with Gasteiger partial charge in [-0.25, -0.2) is 4.39 Å². The van der Waals surface area contributed by atoms with E-state index in [1.807, 2.05) is 24.9 Å². The molecule has 0 aliphatic carbocycles. The predicted molar refractivity (Wildman–Crippen MR) is 95.8 cm³/mol. The Kier molecular flexibility index (Phi) is 5.68. The summed E-state index contributed by atoms with van der Waals surface area (Å²) in [7, 11) is 1.86. The van der Waals surface area contributed by atoms with E-state index in [0.29, 0.717) is 26.1 Å². The van der Waals surface area contributed by atoms with Crippen LogP contribution in [0.2, 0.25) is 0 Å². The first kappa shape index (κ1) is 18.5. The lowest BCUT2D eigenvalue weighted by Gasteiger charge is -2.21. The number of rotatable bonds is 6. The number of aryl methyl sites for hydroxylation is 1. The molecular weight excluding hydrogens is 335 g/mol. The number of carbonyl (C=O) groups is 1. The predicted octanol–water partition coefficient (Wildman–Crippen LogP) is 1.35. The van der Waals surface area contributed by atoms with E-state index in [0.717, 1.165) is 17.0 Å². The van der Waals surface area contributed by atoms with Crippen LogP contribution >= 0.6 is 0 Å². The lowest BCUT2D eigenvalue weighted by Crippen LogP contribution is -2.38. The van der Waals surface area contributed by atoms with Gasteiger partial charge in [0.05, 0.1) is 18.3 Å². The third-order valence-corrected chi connectivity index (χ3v) is 4.76. The van der Waals surface area contributed by atoms with Crippen molar-refractivity contribution >= 4 is 5.91 Å². The Bertz CT molecular complexity index is 746. The average Bonchev–Trinajstić information content (AvgIpc) is 3.16. The van der Waals surface area contributed by atoms with Crippen molar-refractivity contribution in [1.29, 1.82) is 0 Å². The summed E-state index contributed by atoms with van der Waals surface area (Å²) in [6.07, 6.45) is 0.124. The molecule has 2 atom stereocenters. The number of aliphatic hydroxyl groups excluding tert-OH is 1. The van der Waals surface area contributed by atoms with Crippen molar-refractivity contribution in [3.05, 3.63) is 53.1 Å². The van der Waals surface area contributed by atoms with Crippen LogP contribution in [0.4, 0.5) is 4.39 Å². The van der Waals surface area contributed by atoms with Crippen LogP contribution in [-0.4, -0.2) is 63.8 Å². The van der Waals surface area contributed by atoms with Crippen molar-refractivity contribution in [2.24, 2.45) is 5.92 Å². The fourth-order valence-electron chi connectivity index (χ4n) is 3.39. The summed E-state index contributed by atoms with van der Waals surface area (Å²) in [4.78, 5) is 16.2. The van der Waals surface area contributed by atoms with Crippen LogP contribution in [0.1, 0.15) is 17.0 Å². The van der Waals surface area contributed by atoms with Gasteiger partial charge in [0, 0.05) is 31.2 Å².